The van der Waals surface area contributed by atoms with Crippen LogP contribution in [0.4, 0.5) is 5.69 Å². The van der Waals surface area contributed by atoms with Gasteiger partial charge in [0.2, 0.25) is 5.91 Å². The minimum atomic E-state index is -0.409. The van der Waals surface area contributed by atoms with E-state index in [1.807, 2.05) is 21.7 Å². The fourth-order valence-electron chi connectivity index (χ4n) is 3.15. The number of nitrogens with zero attached hydrogens (tertiary/aromatic N) is 3. The van der Waals surface area contributed by atoms with E-state index in [0.717, 1.165) is 23.9 Å². The summed E-state index contributed by atoms with van der Waals surface area (Å²) in [6.07, 6.45) is 2.73. The lowest BCUT2D eigenvalue weighted by Gasteiger charge is -2.27. The molecule has 1 aromatic carbocycles. The van der Waals surface area contributed by atoms with Crippen LogP contribution in [0.25, 0.3) is 10.9 Å². The number of hydrogen-bond donors (Lipinski definition) is 0. The van der Waals surface area contributed by atoms with Gasteiger partial charge in [-0.25, -0.2) is 0 Å². The second kappa shape index (κ2) is 5.76. The molecule has 3 aromatic rings. The number of carbonyl (C=O) groups excluding carboxylic acids is 1. The van der Waals surface area contributed by atoms with Crippen LogP contribution in [0.15, 0.2) is 41.9 Å². The number of aromatic nitrogens is 1. The van der Waals surface area contributed by atoms with Crippen molar-refractivity contribution in [3.63, 3.8) is 0 Å². The van der Waals surface area contributed by atoms with Crippen LogP contribution in [-0.2, 0) is 24.3 Å². The Labute approximate surface area is 142 Å². The van der Waals surface area contributed by atoms with Crippen molar-refractivity contribution < 1.29 is 9.72 Å². The molecule has 0 bridgehead atoms. The molecule has 0 aliphatic carbocycles. The highest BCUT2D eigenvalue weighted by molar-refractivity contribution is 7.10. The molecule has 0 radical (unpaired) electrons. The molecule has 3 heterocycles. The van der Waals surface area contributed by atoms with Gasteiger partial charge in [-0.1, -0.05) is 0 Å². The second-order valence-corrected chi connectivity index (χ2v) is 6.88. The molecule has 2 aromatic heterocycles. The summed E-state index contributed by atoms with van der Waals surface area (Å²) in [5, 5.41) is 13.7. The van der Waals surface area contributed by atoms with Crippen molar-refractivity contribution in [3.05, 3.63) is 62.5 Å². The topological polar surface area (TPSA) is 68.4 Å². The second-order valence-electron chi connectivity index (χ2n) is 5.88. The van der Waals surface area contributed by atoms with Crippen LogP contribution in [0.2, 0.25) is 0 Å². The van der Waals surface area contributed by atoms with Gasteiger partial charge in [0, 0.05) is 47.2 Å². The van der Waals surface area contributed by atoms with E-state index in [-0.39, 0.29) is 18.1 Å². The van der Waals surface area contributed by atoms with E-state index in [1.54, 1.807) is 17.4 Å². The van der Waals surface area contributed by atoms with Gasteiger partial charge in [-0.05, 0) is 35.6 Å². The number of hydrogen-bond acceptors (Lipinski definition) is 4. The van der Waals surface area contributed by atoms with Crippen LogP contribution >= 0.6 is 11.3 Å². The number of carbonyl (C=O) groups is 1. The van der Waals surface area contributed by atoms with E-state index >= 15 is 0 Å². The number of nitro groups is 1. The highest BCUT2D eigenvalue weighted by Crippen LogP contribution is 2.25. The zero-order valence-corrected chi connectivity index (χ0v) is 13.7. The van der Waals surface area contributed by atoms with Gasteiger partial charge in [0.25, 0.3) is 5.69 Å². The minimum Gasteiger partial charge on any atom is -0.338 e. The molecule has 0 spiro atoms. The zero-order chi connectivity index (χ0) is 16.7. The monoisotopic (exact) mass is 341 g/mol. The number of rotatable bonds is 3. The average Bonchev–Trinajstić information content (AvgIpc) is 3.20. The summed E-state index contributed by atoms with van der Waals surface area (Å²) in [6, 6.07) is 8.61. The fourth-order valence-corrected chi connectivity index (χ4v) is 4.04. The Kier molecular flexibility index (Phi) is 3.57. The maximum absolute atomic E-state index is 12.6. The van der Waals surface area contributed by atoms with Gasteiger partial charge in [-0.15, -0.1) is 11.3 Å². The molecule has 7 heteroatoms. The van der Waals surface area contributed by atoms with E-state index in [0.29, 0.717) is 6.54 Å². The molecule has 24 heavy (non-hydrogen) atoms. The molecule has 122 valence electrons. The van der Waals surface area contributed by atoms with E-state index in [9.17, 15) is 14.9 Å². The summed E-state index contributed by atoms with van der Waals surface area (Å²) in [7, 11) is 0. The van der Waals surface area contributed by atoms with Crippen molar-refractivity contribution in [2.24, 2.45) is 0 Å². The lowest BCUT2D eigenvalue weighted by molar-refractivity contribution is -0.384. The van der Waals surface area contributed by atoms with E-state index in [2.05, 4.69) is 11.4 Å². The highest BCUT2D eigenvalue weighted by atomic mass is 32.1. The molecule has 1 aliphatic heterocycles. The number of fused-ring (bicyclic) bond motifs is 2. The molecule has 0 unspecified atom stereocenters. The quantitative estimate of drug-likeness (QED) is 0.543. The van der Waals surface area contributed by atoms with Gasteiger partial charge in [-0.2, -0.15) is 0 Å². The van der Waals surface area contributed by atoms with Crippen LogP contribution in [-0.4, -0.2) is 26.8 Å². The summed E-state index contributed by atoms with van der Waals surface area (Å²) in [6.45, 7) is 1.67. The number of thiophene rings is 1. The molecule has 4 rings (SSSR count). The van der Waals surface area contributed by atoms with Gasteiger partial charge >= 0.3 is 0 Å². The standard InChI is InChI=1S/C17H15N3O3S/c21-17(19-7-4-16-13(10-19)5-8-24-16)11-18-6-3-12-9-14(20(22)23)1-2-15(12)18/h1-3,5-6,8-9H,4,7,10-11H2. The minimum absolute atomic E-state index is 0.0626. The van der Waals surface area contributed by atoms with Crippen molar-refractivity contribution in [2.45, 2.75) is 19.5 Å². The van der Waals surface area contributed by atoms with Crippen LogP contribution in [0.1, 0.15) is 10.4 Å². The molecule has 0 atom stereocenters. The van der Waals surface area contributed by atoms with Gasteiger partial charge in [0.1, 0.15) is 6.54 Å². The molecule has 0 fully saturated rings. The van der Waals surface area contributed by atoms with Gasteiger partial charge in [0.15, 0.2) is 0 Å². The highest BCUT2D eigenvalue weighted by Gasteiger charge is 2.22. The third-order valence-electron chi connectivity index (χ3n) is 4.43. The van der Waals surface area contributed by atoms with Crippen LogP contribution in [0.3, 0.4) is 0 Å². The summed E-state index contributed by atoms with van der Waals surface area (Å²) in [5.74, 6) is 0.0719. The molecule has 6 nitrogen and oxygen atoms in total. The Hall–Kier alpha value is -2.67. The largest absolute Gasteiger partial charge is 0.338 e. The lowest BCUT2D eigenvalue weighted by Crippen LogP contribution is -2.37. The smallest absolute Gasteiger partial charge is 0.270 e. The SMILES string of the molecule is O=C(Cn1ccc2cc([N+](=O)[O-])ccc21)N1CCc2sccc2C1. The van der Waals surface area contributed by atoms with Crippen molar-refractivity contribution >= 4 is 33.8 Å². The number of non-ortho nitro benzene ring substituents is 1. The first kappa shape index (κ1) is 14.9. The predicted octanol–water partition coefficient (Wildman–Crippen LogP) is 3.20. The third kappa shape index (κ3) is 2.56. The van der Waals surface area contributed by atoms with Gasteiger partial charge in [0.05, 0.1) is 4.92 Å². The number of nitro benzene ring substituents is 1. The first-order valence-electron chi connectivity index (χ1n) is 7.68. The Morgan fingerprint density at radius 1 is 1.29 bits per heavy atom. The lowest BCUT2D eigenvalue weighted by atomic mass is 10.1. The summed E-state index contributed by atoms with van der Waals surface area (Å²) >= 11 is 1.75. The van der Waals surface area contributed by atoms with E-state index in [1.165, 1.54) is 22.6 Å². The fraction of sp³-hybridized carbons (Fsp3) is 0.235. The van der Waals surface area contributed by atoms with Gasteiger partial charge in [-0.3, -0.25) is 14.9 Å². The third-order valence-corrected chi connectivity index (χ3v) is 5.45. The zero-order valence-electron chi connectivity index (χ0n) is 12.8. The first-order valence-corrected chi connectivity index (χ1v) is 8.56. The molecular formula is C17H15N3O3S. The normalized spacial score (nSPS) is 13.9. The molecule has 1 amide bonds. The first-order chi connectivity index (χ1) is 11.6. The maximum atomic E-state index is 12.6. The Morgan fingerprint density at radius 2 is 2.17 bits per heavy atom. The van der Waals surface area contributed by atoms with E-state index < -0.39 is 4.92 Å². The molecule has 0 saturated carbocycles. The Morgan fingerprint density at radius 3 is 3.00 bits per heavy atom. The summed E-state index contributed by atoms with van der Waals surface area (Å²) in [4.78, 5) is 26.3. The van der Waals surface area contributed by atoms with Crippen molar-refractivity contribution in [3.8, 4) is 0 Å². The number of benzene rings is 1. The molecule has 0 saturated heterocycles. The van der Waals surface area contributed by atoms with Crippen LogP contribution < -0.4 is 0 Å². The predicted molar refractivity (Wildman–Crippen MR) is 92.0 cm³/mol. The average molecular weight is 341 g/mol. The van der Waals surface area contributed by atoms with Crippen molar-refractivity contribution in [1.82, 2.24) is 9.47 Å². The maximum Gasteiger partial charge on any atom is 0.270 e. The van der Waals surface area contributed by atoms with Crippen molar-refractivity contribution in [2.75, 3.05) is 6.54 Å². The van der Waals surface area contributed by atoms with E-state index in [4.69, 9.17) is 0 Å². The summed E-state index contributed by atoms with van der Waals surface area (Å²) in [5.41, 5.74) is 2.14. The Balaban J connectivity index is 1.54. The van der Waals surface area contributed by atoms with Crippen LogP contribution in [0, 0.1) is 10.1 Å². The van der Waals surface area contributed by atoms with Gasteiger partial charge < -0.3 is 9.47 Å². The molecular weight excluding hydrogens is 326 g/mol. The van der Waals surface area contributed by atoms with Crippen molar-refractivity contribution in [1.29, 1.82) is 0 Å². The number of amides is 1. The molecule has 0 N–H and O–H groups in total. The van der Waals surface area contributed by atoms with Crippen LogP contribution in [0.5, 0.6) is 0 Å². The Bertz CT molecular complexity index is 944. The molecule has 1 aliphatic rings. The summed E-state index contributed by atoms with van der Waals surface area (Å²) < 4.78 is 1.85.